The molecule has 4 nitrogen and oxygen atoms in total. The van der Waals surface area contributed by atoms with Gasteiger partial charge in [-0.05, 0) is 43.5 Å². The molecule has 0 aliphatic heterocycles. The number of sulfonamides is 1. The Balaban J connectivity index is 2.43. The molecule has 0 saturated heterocycles. The fourth-order valence-electron chi connectivity index (χ4n) is 1.47. The number of aryl methyl sites for hydroxylation is 2. The van der Waals surface area contributed by atoms with E-state index in [-0.39, 0.29) is 5.75 Å². The van der Waals surface area contributed by atoms with Crippen LogP contribution in [0.3, 0.4) is 0 Å². The second-order valence-electron chi connectivity index (χ2n) is 3.89. The summed E-state index contributed by atoms with van der Waals surface area (Å²) in [6.45, 7) is 4.34. The molecule has 16 heavy (non-hydrogen) atoms. The zero-order chi connectivity index (χ0) is 12.2. The Morgan fingerprint density at radius 3 is 2.25 bits per heavy atom. The lowest BCUT2D eigenvalue weighted by Gasteiger charge is -2.07. The van der Waals surface area contributed by atoms with Gasteiger partial charge >= 0.3 is 0 Å². The highest BCUT2D eigenvalue weighted by Crippen LogP contribution is 2.16. The Kier molecular flexibility index (Phi) is 4.32. The lowest BCUT2D eigenvalue weighted by Crippen LogP contribution is -2.18. The van der Waals surface area contributed by atoms with Crippen LogP contribution in [0.15, 0.2) is 18.2 Å². The third-order valence-electron chi connectivity index (χ3n) is 2.04. The van der Waals surface area contributed by atoms with Crippen molar-refractivity contribution in [1.29, 1.82) is 0 Å². The van der Waals surface area contributed by atoms with Crippen molar-refractivity contribution in [3.63, 3.8) is 0 Å². The largest absolute Gasteiger partial charge is 0.494 e. The van der Waals surface area contributed by atoms with Crippen molar-refractivity contribution in [1.82, 2.24) is 0 Å². The minimum absolute atomic E-state index is 0.0439. The fourth-order valence-corrected chi connectivity index (χ4v) is 1.99. The summed E-state index contributed by atoms with van der Waals surface area (Å²) < 4.78 is 26.8. The second kappa shape index (κ2) is 5.32. The van der Waals surface area contributed by atoms with Crippen molar-refractivity contribution >= 4 is 10.0 Å². The lowest BCUT2D eigenvalue weighted by molar-refractivity contribution is 0.317. The second-order valence-corrected chi connectivity index (χ2v) is 5.63. The van der Waals surface area contributed by atoms with Gasteiger partial charge in [0.25, 0.3) is 0 Å². The minimum Gasteiger partial charge on any atom is -0.494 e. The number of primary sulfonamides is 1. The summed E-state index contributed by atoms with van der Waals surface area (Å²) in [7, 11) is -3.37. The van der Waals surface area contributed by atoms with Gasteiger partial charge in [0.2, 0.25) is 10.0 Å². The van der Waals surface area contributed by atoms with Gasteiger partial charge in [-0.2, -0.15) is 0 Å². The zero-order valence-corrected chi connectivity index (χ0v) is 10.4. The summed E-state index contributed by atoms with van der Waals surface area (Å²) in [5.41, 5.74) is 2.25. The average molecular weight is 243 g/mol. The predicted octanol–water partition coefficient (Wildman–Crippen LogP) is 1.36. The van der Waals surface area contributed by atoms with Crippen LogP contribution in [0, 0.1) is 13.8 Å². The first-order valence-electron chi connectivity index (χ1n) is 5.08. The van der Waals surface area contributed by atoms with E-state index in [9.17, 15) is 8.42 Å². The predicted molar refractivity (Wildman–Crippen MR) is 64.0 cm³/mol. The van der Waals surface area contributed by atoms with Gasteiger partial charge in [-0.1, -0.05) is 6.07 Å². The maximum absolute atomic E-state index is 10.7. The minimum atomic E-state index is -3.37. The number of hydrogen-bond donors (Lipinski definition) is 1. The van der Waals surface area contributed by atoms with Crippen LogP contribution in [-0.2, 0) is 10.0 Å². The van der Waals surface area contributed by atoms with Crippen LogP contribution in [-0.4, -0.2) is 20.8 Å². The molecule has 0 aromatic heterocycles. The summed E-state index contributed by atoms with van der Waals surface area (Å²) in [4.78, 5) is 0. The third-order valence-corrected chi connectivity index (χ3v) is 2.89. The van der Waals surface area contributed by atoms with E-state index >= 15 is 0 Å². The molecule has 1 rings (SSSR count). The van der Waals surface area contributed by atoms with Crippen LogP contribution in [0.2, 0.25) is 0 Å². The van der Waals surface area contributed by atoms with E-state index in [2.05, 4.69) is 6.07 Å². The van der Waals surface area contributed by atoms with Crippen LogP contribution in [0.4, 0.5) is 0 Å². The van der Waals surface area contributed by atoms with Crippen LogP contribution in [0.1, 0.15) is 17.5 Å². The Labute approximate surface area is 96.5 Å². The molecule has 0 unspecified atom stereocenters. The maximum Gasteiger partial charge on any atom is 0.209 e. The van der Waals surface area contributed by atoms with Crippen LogP contribution >= 0.6 is 0 Å². The Bertz CT molecular complexity index is 434. The molecule has 0 atom stereocenters. The standard InChI is InChI=1S/C11H17NO3S/c1-9-6-10(2)8-11(7-9)15-4-3-5-16(12,13)14/h6-8H,3-5H2,1-2H3,(H2,12,13,14). The van der Waals surface area contributed by atoms with Crippen molar-refractivity contribution in [2.24, 2.45) is 5.14 Å². The average Bonchev–Trinajstić information content (AvgIpc) is 2.09. The molecular formula is C11H17NO3S. The van der Waals surface area contributed by atoms with Crippen LogP contribution < -0.4 is 9.88 Å². The topological polar surface area (TPSA) is 69.4 Å². The molecule has 0 aliphatic carbocycles. The maximum atomic E-state index is 10.7. The van der Waals surface area contributed by atoms with Gasteiger partial charge in [-0.3, -0.25) is 0 Å². The molecule has 0 bridgehead atoms. The number of nitrogens with two attached hydrogens (primary N) is 1. The molecule has 0 spiro atoms. The quantitative estimate of drug-likeness (QED) is 0.794. The summed E-state index contributed by atoms with van der Waals surface area (Å²) in [5, 5.41) is 4.88. The van der Waals surface area contributed by atoms with Crippen molar-refractivity contribution < 1.29 is 13.2 Å². The van der Waals surface area contributed by atoms with E-state index in [4.69, 9.17) is 9.88 Å². The number of rotatable bonds is 5. The molecule has 0 heterocycles. The molecule has 5 heteroatoms. The van der Waals surface area contributed by atoms with Crippen molar-refractivity contribution in [2.75, 3.05) is 12.4 Å². The van der Waals surface area contributed by atoms with Gasteiger partial charge in [0.1, 0.15) is 5.75 Å². The highest BCUT2D eigenvalue weighted by Gasteiger charge is 2.02. The van der Waals surface area contributed by atoms with E-state index < -0.39 is 10.0 Å². The van der Waals surface area contributed by atoms with E-state index in [0.717, 1.165) is 16.9 Å². The van der Waals surface area contributed by atoms with E-state index in [0.29, 0.717) is 13.0 Å². The molecule has 0 amide bonds. The highest BCUT2D eigenvalue weighted by atomic mass is 32.2. The first kappa shape index (κ1) is 13.0. The number of ether oxygens (including phenoxy) is 1. The highest BCUT2D eigenvalue weighted by molar-refractivity contribution is 7.89. The number of hydrogen-bond acceptors (Lipinski definition) is 3. The van der Waals surface area contributed by atoms with Crippen molar-refractivity contribution in [3.8, 4) is 5.75 Å². The normalized spacial score (nSPS) is 11.4. The van der Waals surface area contributed by atoms with E-state index in [1.165, 1.54) is 0 Å². The molecular weight excluding hydrogens is 226 g/mol. The fraction of sp³-hybridized carbons (Fsp3) is 0.455. The van der Waals surface area contributed by atoms with Gasteiger partial charge in [-0.25, -0.2) is 13.6 Å². The van der Waals surface area contributed by atoms with Gasteiger partial charge in [0.05, 0.1) is 12.4 Å². The molecule has 90 valence electrons. The molecule has 0 saturated carbocycles. The van der Waals surface area contributed by atoms with Crippen LogP contribution in [0.5, 0.6) is 5.75 Å². The Morgan fingerprint density at radius 1 is 1.19 bits per heavy atom. The SMILES string of the molecule is Cc1cc(C)cc(OCCCS(N)(=O)=O)c1. The monoisotopic (exact) mass is 243 g/mol. The summed E-state index contributed by atoms with van der Waals surface area (Å²) in [6.07, 6.45) is 0.409. The lowest BCUT2D eigenvalue weighted by atomic mass is 10.1. The number of benzene rings is 1. The van der Waals surface area contributed by atoms with Crippen LogP contribution in [0.25, 0.3) is 0 Å². The summed E-state index contributed by atoms with van der Waals surface area (Å²) >= 11 is 0. The molecule has 0 radical (unpaired) electrons. The van der Waals surface area contributed by atoms with E-state index in [1.807, 2.05) is 26.0 Å². The first-order valence-corrected chi connectivity index (χ1v) is 6.80. The molecule has 1 aromatic rings. The van der Waals surface area contributed by atoms with Crippen molar-refractivity contribution in [2.45, 2.75) is 20.3 Å². The first-order chi connectivity index (χ1) is 7.37. The molecule has 2 N–H and O–H groups in total. The molecule has 0 fully saturated rings. The summed E-state index contributed by atoms with van der Waals surface area (Å²) in [5.74, 6) is 0.726. The van der Waals surface area contributed by atoms with Gasteiger partial charge < -0.3 is 4.74 Å². The Morgan fingerprint density at radius 2 is 1.75 bits per heavy atom. The van der Waals surface area contributed by atoms with E-state index in [1.54, 1.807) is 0 Å². The molecule has 1 aromatic carbocycles. The van der Waals surface area contributed by atoms with Gasteiger partial charge in [0, 0.05) is 0 Å². The Hall–Kier alpha value is -1.07. The van der Waals surface area contributed by atoms with Gasteiger partial charge in [0.15, 0.2) is 0 Å². The molecule has 0 aliphatic rings. The summed E-state index contributed by atoms with van der Waals surface area (Å²) in [6, 6.07) is 5.89. The van der Waals surface area contributed by atoms with Crippen molar-refractivity contribution in [3.05, 3.63) is 29.3 Å². The smallest absolute Gasteiger partial charge is 0.209 e. The zero-order valence-electron chi connectivity index (χ0n) is 9.56. The van der Waals surface area contributed by atoms with Gasteiger partial charge in [-0.15, -0.1) is 0 Å². The third kappa shape index (κ3) is 5.14.